The van der Waals surface area contributed by atoms with E-state index in [0.29, 0.717) is 0 Å². The molecule has 0 saturated carbocycles. The largest absolute Gasteiger partial charge is 0.353 e. The number of nitrogens with one attached hydrogen (secondary N) is 2. The summed E-state index contributed by atoms with van der Waals surface area (Å²) in [5, 5.41) is 2.74. The Morgan fingerprint density at radius 2 is 1.28 bits per heavy atom. The van der Waals surface area contributed by atoms with Crippen LogP contribution in [0.2, 0.25) is 0 Å². The average molecular weight is 234 g/mol. The zero-order valence-corrected chi connectivity index (χ0v) is 9.53. The number of aromatic nitrogens is 2. The van der Waals surface area contributed by atoms with Gasteiger partial charge in [0.2, 0.25) is 0 Å². The molecule has 0 atom stereocenters. The van der Waals surface area contributed by atoms with Crippen molar-refractivity contribution >= 4 is 32.7 Å². The van der Waals surface area contributed by atoms with E-state index in [4.69, 9.17) is 0 Å². The molecule has 86 valence electrons. The molecule has 4 rings (SSSR count). The molecule has 3 heteroatoms. The molecule has 0 unspecified atom stereocenters. The fourth-order valence-electron chi connectivity index (χ4n) is 2.55. The number of hydrogen-bond acceptors (Lipinski definition) is 1. The summed E-state index contributed by atoms with van der Waals surface area (Å²) in [7, 11) is 0. The van der Waals surface area contributed by atoms with E-state index in [0.717, 1.165) is 32.7 Å². The molecule has 2 aromatic heterocycles. The van der Waals surface area contributed by atoms with Crippen molar-refractivity contribution in [2.24, 2.45) is 0 Å². The van der Waals surface area contributed by atoms with Gasteiger partial charge in [0.05, 0.1) is 11.0 Å². The Morgan fingerprint density at radius 1 is 0.667 bits per heavy atom. The van der Waals surface area contributed by atoms with E-state index in [-0.39, 0.29) is 5.56 Å². The fraction of sp³-hybridized carbons (Fsp3) is 0. The zero-order chi connectivity index (χ0) is 12.1. The average Bonchev–Trinajstić information content (AvgIpc) is 2.78. The SMILES string of the molecule is O=c1[nH]c2c3ccccc3[nH]c2c2ccccc12. The molecule has 2 N–H and O–H groups in total. The number of rotatable bonds is 0. The molecule has 4 aromatic rings. The summed E-state index contributed by atoms with van der Waals surface area (Å²) in [6, 6.07) is 15.6. The monoisotopic (exact) mass is 234 g/mol. The molecule has 0 saturated heterocycles. The van der Waals surface area contributed by atoms with Crippen LogP contribution in [0.3, 0.4) is 0 Å². The van der Waals surface area contributed by atoms with Gasteiger partial charge in [-0.15, -0.1) is 0 Å². The highest BCUT2D eigenvalue weighted by atomic mass is 16.1. The van der Waals surface area contributed by atoms with Crippen molar-refractivity contribution in [3.05, 3.63) is 58.9 Å². The zero-order valence-electron chi connectivity index (χ0n) is 9.53. The quantitative estimate of drug-likeness (QED) is 0.482. The predicted octanol–water partition coefficient (Wildman–Crippen LogP) is 3.16. The number of hydrogen-bond donors (Lipinski definition) is 2. The van der Waals surface area contributed by atoms with Gasteiger partial charge in [-0.05, 0) is 12.1 Å². The summed E-state index contributed by atoms with van der Waals surface area (Å²) in [5.74, 6) is 0. The topological polar surface area (TPSA) is 48.6 Å². The Morgan fingerprint density at radius 3 is 2.11 bits per heavy atom. The molecule has 0 bridgehead atoms. The van der Waals surface area contributed by atoms with E-state index in [9.17, 15) is 4.79 Å². The van der Waals surface area contributed by atoms with Crippen molar-refractivity contribution in [1.82, 2.24) is 9.97 Å². The summed E-state index contributed by atoms with van der Waals surface area (Å²) in [6.07, 6.45) is 0. The number of para-hydroxylation sites is 1. The number of pyridine rings is 1. The Bertz CT molecular complexity index is 947. The van der Waals surface area contributed by atoms with Crippen LogP contribution in [0, 0.1) is 0 Å². The van der Waals surface area contributed by atoms with Crippen molar-refractivity contribution in [2.45, 2.75) is 0 Å². The van der Waals surface area contributed by atoms with Crippen LogP contribution >= 0.6 is 0 Å². The van der Waals surface area contributed by atoms with Crippen LogP contribution in [0.1, 0.15) is 0 Å². The lowest BCUT2D eigenvalue weighted by Gasteiger charge is -1.98. The molecule has 0 aliphatic rings. The van der Waals surface area contributed by atoms with Gasteiger partial charge < -0.3 is 9.97 Å². The summed E-state index contributed by atoms with van der Waals surface area (Å²) < 4.78 is 0. The molecule has 0 fully saturated rings. The van der Waals surface area contributed by atoms with Gasteiger partial charge in [-0.3, -0.25) is 4.79 Å². The van der Waals surface area contributed by atoms with E-state index in [1.54, 1.807) is 0 Å². The number of H-pyrrole nitrogens is 2. The third-order valence-corrected chi connectivity index (χ3v) is 3.39. The lowest BCUT2D eigenvalue weighted by Crippen LogP contribution is -2.05. The summed E-state index contributed by atoms with van der Waals surface area (Å²) in [4.78, 5) is 18.4. The lowest BCUT2D eigenvalue weighted by molar-refractivity contribution is 1.35. The van der Waals surface area contributed by atoms with E-state index in [1.807, 2.05) is 48.5 Å². The Hall–Kier alpha value is -2.55. The minimum Gasteiger partial charge on any atom is -0.353 e. The second-order valence-corrected chi connectivity index (χ2v) is 4.42. The smallest absolute Gasteiger partial charge is 0.256 e. The number of fused-ring (bicyclic) bond motifs is 5. The Labute approximate surface area is 102 Å². The summed E-state index contributed by atoms with van der Waals surface area (Å²) in [6.45, 7) is 0. The van der Waals surface area contributed by atoms with Gasteiger partial charge in [-0.2, -0.15) is 0 Å². The van der Waals surface area contributed by atoms with Crippen LogP contribution in [0.5, 0.6) is 0 Å². The lowest BCUT2D eigenvalue weighted by atomic mass is 10.1. The van der Waals surface area contributed by atoms with Crippen LogP contribution in [0.25, 0.3) is 32.7 Å². The molecule has 18 heavy (non-hydrogen) atoms. The Balaban J connectivity index is 2.40. The molecule has 0 aliphatic carbocycles. The maximum Gasteiger partial charge on any atom is 0.256 e. The van der Waals surface area contributed by atoms with Crippen molar-refractivity contribution < 1.29 is 0 Å². The maximum atomic E-state index is 12.1. The summed E-state index contributed by atoms with van der Waals surface area (Å²) in [5.41, 5.74) is 2.88. The second kappa shape index (κ2) is 3.23. The number of benzene rings is 2. The van der Waals surface area contributed by atoms with Gasteiger partial charge in [0, 0.05) is 21.7 Å². The molecule has 3 nitrogen and oxygen atoms in total. The van der Waals surface area contributed by atoms with Crippen LogP contribution in [-0.4, -0.2) is 9.97 Å². The highest BCUT2D eigenvalue weighted by Crippen LogP contribution is 2.27. The first-order chi connectivity index (χ1) is 8.84. The van der Waals surface area contributed by atoms with Gasteiger partial charge in [-0.25, -0.2) is 0 Å². The predicted molar refractivity (Wildman–Crippen MR) is 73.9 cm³/mol. The first-order valence-corrected chi connectivity index (χ1v) is 5.86. The van der Waals surface area contributed by atoms with Crippen molar-refractivity contribution in [2.75, 3.05) is 0 Å². The molecular formula is C15H10N2O. The van der Waals surface area contributed by atoms with E-state index in [1.165, 1.54) is 0 Å². The molecule has 0 amide bonds. The van der Waals surface area contributed by atoms with E-state index >= 15 is 0 Å². The molecule has 0 aliphatic heterocycles. The minimum atomic E-state index is -0.0390. The van der Waals surface area contributed by atoms with Crippen molar-refractivity contribution in [3.8, 4) is 0 Å². The molecule has 2 heterocycles. The third-order valence-electron chi connectivity index (χ3n) is 3.39. The van der Waals surface area contributed by atoms with Crippen LogP contribution < -0.4 is 5.56 Å². The first-order valence-electron chi connectivity index (χ1n) is 5.86. The van der Waals surface area contributed by atoms with E-state index < -0.39 is 0 Å². The standard InChI is InChI=1S/C15H10N2O/c18-15-10-6-2-1-5-9(10)13-14(17-15)11-7-3-4-8-12(11)16-13/h1-8,16H,(H,17,18). The van der Waals surface area contributed by atoms with Gasteiger partial charge >= 0.3 is 0 Å². The molecule has 0 spiro atoms. The second-order valence-electron chi connectivity index (χ2n) is 4.42. The first kappa shape index (κ1) is 9.48. The summed E-state index contributed by atoms with van der Waals surface area (Å²) >= 11 is 0. The molecule has 2 aromatic carbocycles. The van der Waals surface area contributed by atoms with Gasteiger partial charge in [0.25, 0.3) is 5.56 Å². The van der Waals surface area contributed by atoms with Gasteiger partial charge in [0.1, 0.15) is 0 Å². The van der Waals surface area contributed by atoms with Gasteiger partial charge in [0.15, 0.2) is 0 Å². The van der Waals surface area contributed by atoms with Crippen LogP contribution in [0.4, 0.5) is 0 Å². The maximum absolute atomic E-state index is 12.1. The third kappa shape index (κ3) is 1.10. The fourth-order valence-corrected chi connectivity index (χ4v) is 2.55. The highest BCUT2D eigenvalue weighted by Gasteiger charge is 2.09. The van der Waals surface area contributed by atoms with Crippen molar-refractivity contribution in [3.63, 3.8) is 0 Å². The van der Waals surface area contributed by atoms with E-state index in [2.05, 4.69) is 9.97 Å². The minimum absolute atomic E-state index is 0.0390. The number of aromatic amines is 2. The normalized spacial score (nSPS) is 11.6. The highest BCUT2D eigenvalue weighted by molar-refractivity contribution is 6.14. The Kier molecular flexibility index (Phi) is 1.70. The van der Waals surface area contributed by atoms with Crippen molar-refractivity contribution in [1.29, 1.82) is 0 Å². The van der Waals surface area contributed by atoms with Gasteiger partial charge in [-0.1, -0.05) is 36.4 Å². The van der Waals surface area contributed by atoms with Crippen LogP contribution in [-0.2, 0) is 0 Å². The van der Waals surface area contributed by atoms with Crippen LogP contribution in [0.15, 0.2) is 53.3 Å². The molecule has 0 radical (unpaired) electrons. The molecular weight excluding hydrogens is 224 g/mol.